The van der Waals surface area contributed by atoms with Crippen LogP contribution in [0.4, 0.5) is 0 Å². The Hall–Kier alpha value is -3.41. The molecule has 0 rings (SSSR count). The van der Waals surface area contributed by atoms with Gasteiger partial charge in [0.05, 0.1) is 0 Å². The molecule has 0 aromatic carbocycles. The van der Waals surface area contributed by atoms with Crippen molar-refractivity contribution >= 4 is 17.9 Å². The second kappa shape index (κ2) is 70.1. The third-order valence-corrected chi connectivity index (χ3v) is 15.6. The van der Waals surface area contributed by atoms with E-state index >= 15 is 0 Å². The highest BCUT2D eigenvalue weighted by Crippen LogP contribution is 2.18. The van der Waals surface area contributed by atoms with Gasteiger partial charge in [-0.25, -0.2) is 0 Å². The van der Waals surface area contributed by atoms with Crippen LogP contribution >= 0.6 is 0 Å². The van der Waals surface area contributed by atoms with Gasteiger partial charge in [-0.2, -0.15) is 0 Å². The van der Waals surface area contributed by atoms with Crippen LogP contribution in [-0.4, -0.2) is 37.2 Å². The van der Waals surface area contributed by atoms with E-state index in [1.807, 2.05) is 0 Å². The van der Waals surface area contributed by atoms with Crippen LogP contribution in [0.5, 0.6) is 0 Å². The third kappa shape index (κ3) is 67.4. The average molecular weight is 1140 g/mol. The largest absolute Gasteiger partial charge is 0.462 e. The molecule has 0 aliphatic carbocycles. The number of ether oxygens (including phenoxy) is 3. The maximum Gasteiger partial charge on any atom is 0.306 e. The van der Waals surface area contributed by atoms with Crippen LogP contribution in [-0.2, 0) is 28.6 Å². The fourth-order valence-electron chi connectivity index (χ4n) is 10.3. The molecule has 0 N–H and O–H groups in total. The van der Waals surface area contributed by atoms with Gasteiger partial charge in [-0.05, 0) is 83.5 Å². The molecule has 0 amide bonds. The molecule has 82 heavy (non-hydrogen) atoms. The number of allylic oxidation sites excluding steroid dienone is 14. The van der Waals surface area contributed by atoms with E-state index in [0.717, 1.165) is 103 Å². The summed E-state index contributed by atoms with van der Waals surface area (Å²) in [5, 5.41) is 0. The van der Waals surface area contributed by atoms with Crippen LogP contribution in [0.2, 0.25) is 0 Å². The molecular weight excluding hydrogens is 1010 g/mol. The van der Waals surface area contributed by atoms with E-state index < -0.39 is 6.10 Å². The molecule has 6 nitrogen and oxygen atoms in total. The minimum absolute atomic E-state index is 0.101. The maximum atomic E-state index is 12.9. The Morgan fingerprint density at radius 3 is 0.817 bits per heavy atom. The van der Waals surface area contributed by atoms with Crippen molar-refractivity contribution in [2.24, 2.45) is 0 Å². The molecule has 0 saturated carbocycles. The van der Waals surface area contributed by atoms with Crippen molar-refractivity contribution in [3.05, 3.63) is 85.1 Å². The summed E-state index contributed by atoms with van der Waals surface area (Å²) in [5.74, 6) is -0.961. The standard InChI is InChI=1S/C76H134O6/c1-4-7-10-13-16-19-22-25-28-30-31-32-33-34-35-36-37-38-39-40-41-42-43-44-45-47-48-51-54-57-60-63-66-69-75(78)81-72-73(71-80-74(77)68-65-62-59-56-53-50-27-24-21-18-15-12-9-6-3)82-76(79)70-67-64-61-58-55-52-49-46-29-26-23-20-17-14-11-8-5-2/h8,11,15,17-18,20,24,26-27,29,49,52,58,61,73H,4-7,9-10,12-14,16,19,21-23,25,28,30-48,50-51,53-57,59-60,62-72H2,1-3H3/b11-8-,18-15-,20-17-,27-24-,29-26-,52-49-,61-58-. The lowest BCUT2D eigenvalue weighted by molar-refractivity contribution is -0.167. The van der Waals surface area contributed by atoms with Crippen LogP contribution in [0.25, 0.3) is 0 Å². The van der Waals surface area contributed by atoms with Crippen molar-refractivity contribution in [3.8, 4) is 0 Å². The van der Waals surface area contributed by atoms with Gasteiger partial charge in [-0.1, -0.05) is 343 Å². The van der Waals surface area contributed by atoms with Gasteiger partial charge in [-0.15, -0.1) is 0 Å². The smallest absolute Gasteiger partial charge is 0.306 e. The fourth-order valence-corrected chi connectivity index (χ4v) is 10.3. The predicted octanol–water partition coefficient (Wildman–Crippen LogP) is 24.6. The first kappa shape index (κ1) is 78.6. The molecular formula is C76H134O6. The number of rotatable bonds is 65. The summed E-state index contributed by atoms with van der Waals surface area (Å²) in [6, 6.07) is 0. The van der Waals surface area contributed by atoms with Gasteiger partial charge < -0.3 is 14.2 Å². The van der Waals surface area contributed by atoms with Gasteiger partial charge in [0, 0.05) is 19.3 Å². The lowest BCUT2D eigenvalue weighted by Crippen LogP contribution is -2.30. The van der Waals surface area contributed by atoms with Crippen LogP contribution in [0, 0.1) is 0 Å². The molecule has 0 saturated heterocycles. The summed E-state index contributed by atoms with van der Waals surface area (Å²) < 4.78 is 16.9. The van der Waals surface area contributed by atoms with E-state index in [1.54, 1.807) is 0 Å². The zero-order valence-electron chi connectivity index (χ0n) is 54.5. The van der Waals surface area contributed by atoms with Crippen molar-refractivity contribution in [2.45, 2.75) is 367 Å². The molecule has 6 heteroatoms. The molecule has 0 bridgehead atoms. The third-order valence-electron chi connectivity index (χ3n) is 15.6. The van der Waals surface area contributed by atoms with Gasteiger partial charge >= 0.3 is 17.9 Å². The monoisotopic (exact) mass is 1140 g/mol. The highest BCUT2D eigenvalue weighted by atomic mass is 16.6. The predicted molar refractivity (Wildman–Crippen MR) is 358 cm³/mol. The van der Waals surface area contributed by atoms with Crippen molar-refractivity contribution in [1.82, 2.24) is 0 Å². The van der Waals surface area contributed by atoms with Crippen LogP contribution in [0.1, 0.15) is 361 Å². The average Bonchev–Trinajstić information content (AvgIpc) is 3.48. The fraction of sp³-hybridized carbons (Fsp3) is 0.776. The molecule has 0 aliphatic heterocycles. The number of hydrogen-bond donors (Lipinski definition) is 0. The minimum atomic E-state index is -0.813. The number of hydrogen-bond acceptors (Lipinski definition) is 6. The summed E-state index contributed by atoms with van der Waals surface area (Å²) in [7, 11) is 0. The Morgan fingerprint density at radius 2 is 0.500 bits per heavy atom. The van der Waals surface area contributed by atoms with Gasteiger partial charge in [0.2, 0.25) is 0 Å². The molecule has 0 aromatic heterocycles. The zero-order valence-corrected chi connectivity index (χ0v) is 54.5. The van der Waals surface area contributed by atoms with Crippen LogP contribution < -0.4 is 0 Å². The van der Waals surface area contributed by atoms with Crippen molar-refractivity contribution in [3.63, 3.8) is 0 Å². The molecule has 0 spiro atoms. The van der Waals surface area contributed by atoms with Gasteiger partial charge in [-0.3, -0.25) is 14.4 Å². The lowest BCUT2D eigenvalue weighted by Gasteiger charge is -2.18. The highest BCUT2D eigenvalue weighted by Gasteiger charge is 2.19. The molecule has 0 fully saturated rings. The van der Waals surface area contributed by atoms with Crippen molar-refractivity contribution < 1.29 is 28.6 Å². The molecule has 0 aliphatic rings. The van der Waals surface area contributed by atoms with E-state index in [2.05, 4.69) is 106 Å². The Bertz CT molecular complexity index is 1550. The Morgan fingerprint density at radius 1 is 0.256 bits per heavy atom. The van der Waals surface area contributed by atoms with Crippen molar-refractivity contribution in [1.29, 1.82) is 0 Å². The molecule has 474 valence electrons. The highest BCUT2D eigenvalue weighted by molar-refractivity contribution is 5.71. The quantitative estimate of drug-likeness (QED) is 0.0261. The molecule has 1 atom stereocenters. The molecule has 0 radical (unpaired) electrons. The SMILES string of the molecule is CC/C=C\C/C=C\C/C=C\C/C=C\C/C=C\CCCC(=O)OC(COC(=O)CCCCCCC/C=C\C/C=C\CCCC)COC(=O)CCCCCCCCCCCCCCCCCCCCCCCCCCCCCCCCCCC. The number of esters is 3. The summed E-state index contributed by atoms with van der Waals surface area (Å²) in [6.07, 6.45) is 93.6. The second-order valence-electron chi connectivity index (χ2n) is 23.8. The van der Waals surface area contributed by atoms with Gasteiger partial charge in [0.1, 0.15) is 13.2 Å². The number of unbranched alkanes of at least 4 members (excludes halogenated alkanes) is 40. The zero-order chi connectivity index (χ0) is 59.2. The van der Waals surface area contributed by atoms with E-state index in [4.69, 9.17) is 14.2 Å². The van der Waals surface area contributed by atoms with E-state index in [1.165, 1.54) is 212 Å². The van der Waals surface area contributed by atoms with Gasteiger partial charge in [0.15, 0.2) is 6.10 Å². The molecule has 0 aromatic rings. The Labute approximate surface area is 509 Å². The lowest BCUT2D eigenvalue weighted by atomic mass is 10.0. The van der Waals surface area contributed by atoms with Crippen LogP contribution in [0.3, 0.4) is 0 Å². The van der Waals surface area contributed by atoms with Gasteiger partial charge in [0.25, 0.3) is 0 Å². The summed E-state index contributed by atoms with van der Waals surface area (Å²) in [6.45, 7) is 6.47. The molecule has 1 unspecified atom stereocenters. The Kier molecular flexibility index (Phi) is 67.2. The number of carbonyl (C=O) groups excluding carboxylic acids is 3. The normalized spacial score (nSPS) is 12.6. The minimum Gasteiger partial charge on any atom is -0.462 e. The molecule has 0 heterocycles. The first-order valence-corrected chi connectivity index (χ1v) is 35.6. The van der Waals surface area contributed by atoms with Crippen LogP contribution in [0.15, 0.2) is 85.1 Å². The van der Waals surface area contributed by atoms with E-state index in [-0.39, 0.29) is 37.5 Å². The first-order valence-electron chi connectivity index (χ1n) is 35.6. The maximum absolute atomic E-state index is 12.9. The summed E-state index contributed by atoms with van der Waals surface area (Å²) in [5.41, 5.74) is 0. The summed E-state index contributed by atoms with van der Waals surface area (Å²) >= 11 is 0. The topological polar surface area (TPSA) is 78.9 Å². The number of carbonyl (C=O) groups is 3. The van der Waals surface area contributed by atoms with E-state index in [9.17, 15) is 14.4 Å². The summed E-state index contributed by atoms with van der Waals surface area (Å²) in [4.78, 5) is 38.3. The first-order chi connectivity index (χ1) is 40.5. The second-order valence-corrected chi connectivity index (χ2v) is 23.8. The van der Waals surface area contributed by atoms with Crippen molar-refractivity contribution in [2.75, 3.05) is 13.2 Å². The van der Waals surface area contributed by atoms with E-state index in [0.29, 0.717) is 19.3 Å². The Balaban J connectivity index is 4.18.